The molecule has 0 aliphatic heterocycles. The Morgan fingerprint density at radius 1 is 1.60 bits per heavy atom. The second-order valence-corrected chi connectivity index (χ2v) is 3.62. The Labute approximate surface area is 95.8 Å². The summed E-state index contributed by atoms with van der Waals surface area (Å²) < 4.78 is 0. The van der Waals surface area contributed by atoms with E-state index in [9.17, 15) is 9.59 Å². The predicted molar refractivity (Wildman–Crippen MR) is 59.4 cm³/mol. The molecule has 76 valence electrons. The smallest absolute Gasteiger partial charge is 0.174 e. The van der Waals surface area contributed by atoms with Crippen molar-refractivity contribution in [2.45, 2.75) is 6.92 Å². The number of aldehydes is 1. The van der Waals surface area contributed by atoms with Gasteiger partial charge in [0.05, 0.1) is 10.9 Å². The van der Waals surface area contributed by atoms with E-state index < -0.39 is 0 Å². The topological polar surface area (TPSA) is 57.9 Å². The fourth-order valence-corrected chi connectivity index (χ4v) is 1.63. The minimum absolute atomic E-state index is 0.142. The molecule has 15 heavy (non-hydrogen) atoms. The molecule has 0 aromatic heterocycles. The van der Waals surface area contributed by atoms with Crippen molar-refractivity contribution in [3.63, 3.8) is 0 Å². The molecule has 1 rings (SSSR count). The first-order valence-corrected chi connectivity index (χ1v) is 5.35. The van der Waals surface area contributed by atoms with Gasteiger partial charge < -0.3 is 0 Å². The van der Waals surface area contributed by atoms with Crippen LogP contribution in [0, 0.1) is 18.3 Å². The summed E-state index contributed by atoms with van der Waals surface area (Å²) in [5.41, 5.74) is 1.51. The molecule has 0 aliphatic rings. The van der Waals surface area contributed by atoms with E-state index in [1.54, 1.807) is 19.1 Å². The molecule has 0 unspecified atom stereocenters. The van der Waals surface area contributed by atoms with Crippen LogP contribution in [0.3, 0.4) is 0 Å². The minimum atomic E-state index is -0.196. The molecule has 0 amide bonds. The van der Waals surface area contributed by atoms with E-state index in [0.717, 1.165) is 5.56 Å². The number of rotatable bonds is 3. The molecule has 0 heterocycles. The Bertz CT molecular complexity index is 460. The van der Waals surface area contributed by atoms with Crippen LogP contribution in [-0.4, -0.2) is 17.4 Å². The first-order valence-electron chi connectivity index (χ1n) is 4.23. The van der Waals surface area contributed by atoms with Gasteiger partial charge in [-0.1, -0.05) is 15.9 Å². The number of nitriles is 1. The maximum absolute atomic E-state index is 11.5. The summed E-state index contributed by atoms with van der Waals surface area (Å²) in [6.45, 7) is 1.78. The number of alkyl halides is 1. The lowest BCUT2D eigenvalue weighted by Crippen LogP contribution is -2.06. The number of nitrogens with zero attached hydrogens (tertiary/aromatic N) is 1. The maximum Gasteiger partial charge on any atom is 0.174 e. The van der Waals surface area contributed by atoms with Crippen LogP contribution in [0.25, 0.3) is 0 Å². The molecule has 0 aliphatic carbocycles. The number of halogens is 1. The maximum atomic E-state index is 11.5. The molecule has 0 atom stereocenters. The van der Waals surface area contributed by atoms with Crippen molar-refractivity contribution >= 4 is 28.0 Å². The minimum Gasteiger partial charge on any atom is -0.298 e. The predicted octanol–water partition coefficient (Wildman–Crippen LogP) is 2.26. The standard InChI is InChI=1S/C11H8BrNO2/c1-7-2-8(6-14)10(5-13)9(3-7)11(15)4-12/h2-3,6H,4H2,1H3. The third kappa shape index (κ3) is 2.31. The van der Waals surface area contributed by atoms with Gasteiger partial charge in [0.25, 0.3) is 0 Å². The first-order chi connectivity index (χ1) is 7.13. The average molecular weight is 266 g/mol. The summed E-state index contributed by atoms with van der Waals surface area (Å²) in [5, 5.41) is 9.03. The SMILES string of the molecule is Cc1cc(C=O)c(C#N)c(C(=O)CBr)c1. The first kappa shape index (κ1) is 11.6. The Kier molecular flexibility index (Phi) is 3.75. The molecule has 0 radical (unpaired) electrons. The van der Waals surface area contributed by atoms with Crippen LogP contribution in [0.2, 0.25) is 0 Å². The molecule has 1 aromatic rings. The van der Waals surface area contributed by atoms with Crippen molar-refractivity contribution in [1.29, 1.82) is 5.26 Å². The summed E-state index contributed by atoms with van der Waals surface area (Å²) in [5.74, 6) is -0.196. The van der Waals surface area contributed by atoms with Gasteiger partial charge in [-0.25, -0.2) is 0 Å². The van der Waals surface area contributed by atoms with Gasteiger partial charge in [-0.2, -0.15) is 5.26 Å². The van der Waals surface area contributed by atoms with Crippen LogP contribution in [0.1, 0.15) is 31.8 Å². The molecule has 0 bridgehead atoms. The molecule has 1 aromatic carbocycles. The largest absolute Gasteiger partial charge is 0.298 e. The summed E-state index contributed by atoms with van der Waals surface area (Å²) in [4.78, 5) is 22.2. The van der Waals surface area contributed by atoms with E-state index in [0.29, 0.717) is 11.8 Å². The average Bonchev–Trinajstić information content (AvgIpc) is 2.26. The highest BCUT2D eigenvalue weighted by Gasteiger charge is 2.14. The fraction of sp³-hybridized carbons (Fsp3) is 0.182. The lowest BCUT2D eigenvalue weighted by molar-refractivity contribution is 0.102. The number of hydrogen-bond acceptors (Lipinski definition) is 3. The Hall–Kier alpha value is -1.47. The Morgan fingerprint density at radius 3 is 2.73 bits per heavy atom. The summed E-state index contributed by atoms with van der Waals surface area (Å²) in [6.07, 6.45) is 0.594. The zero-order chi connectivity index (χ0) is 11.4. The number of hydrogen-bond donors (Lipinski definition) is 0. The Balaban J connectivity index is 3.50. The van der Waals surface area contributed by atoms with Gasteiger partial charge in [0.2, 0.25) is 0 Å². The second kappa shape index (κ2) is 4.85. The van der Waals surface area contributed by atoms with Crippen LogP contribution in [0.4, 0.5) is 0 Å². The third-order valence-corrected chi connectivity index (χ3v) is 2.48. The zero-order valence-corrected chi connectivity index (χ0v) is 9.67. The summed E-state index contributed by atoms with van der Waals surface area (Å²) in [7, 11) is 0. The quantitative estimate of drug-likeness (QED) is 0.479. The molecule has 0 saturated heterocycles. The van der Waals surface area contributed by atoms with Crippen molar-refractivity contribution in [2.24, 2.45) is 0 Å². The van der Waals surface area contributed by atoms with Crippen molar-refractivity contribution < 1.29 is 9.59 Å². The van der Waals surface area contributed by atoms with Crippen molar-refractivity contribution in [1.82, 2.24) is 0 Å². The van der Waals surface area contributed by atoms with Gasteiger partial charge in [0.15, 0.2) is 12.1 Å². The highest BCUT2D eigenvalue weighted by atomic mass is 79.9. The van der Waals surface area contributed by atoms with Crippen LogP contribution in [-0.2, 0) is 0 Å². The number of carbonyl (C=O) groups excluding carboxylic acids is 2. The number of ketones is 1. The van der Waals surface area contributed by atoms with Crippen LogP contribution < -0.4 is 0 Å². The summed E-state index contributed by atoms with van der Waals surface area (Å²) >= 11 is 3.04. The molecule has 3 nitrogen and oxygen atoms in total. The van der Waals surface area contributed by atoms with E-state index in [4.69, 9.17) is 5.26 Å². The van der Waals surface area contributed by atoms with Gasteiger partial charge in [0, 0.05) is 11.1 Å². The van der Waals surface area contributed by atoms with Crippen LogP contribution >= 0.6 is 15.9 Å². The lowest BCUT2D eigenvalue weighted by Gasteiger charge is -2.05. The second-order valence-electron chi connectivity index (χ2n) is 3.06. The van der Waals surface area contributed by atoms with Crippen molar-refractivity contribution in [3.8, 4) is 6.07 Å². The molecule has 4 heteroatoms. The highest BCUT2D eigenvalue weighted by Crippen LogP contribution is 2.17. The van der Waals surface area contributed by atoms with Gasteiger partial charge in [-0.05, 0) is 24.6 Å². The Morgan fingerprint density at radius 2 is 2.27 bits per heavy atom. The third-order valence-electron chi connectivity index (χ3n) is 1.97. The molecule has 0 N–H and O–H groups in total. The molecule has 0 fully saturated rings. The van der Waals surface area contributed by atoms with Gasteiger partial charge in [0.1, 0.15) is 6.07 Å². The number of carbonyl (C=O) groups is 2. The van der Waals surface area contributed by atoms with Gasteiger partial charge in [-0.15, -0.1) is 0 Å². The molecular formula is C11H8BrNO2. The zero-order valence-electron chi connectivity index (χ0n) is 8.08. The summed E-state index contributed by atoms with van der Waals surface area (Å²) in [6, 6.07) is 5.10. The fourth-order valence-electron chi connectivity index (χ4n) is 1.32. The molecule has 0 saturated carbocycles. The number of aryl methyl sites for hydroxylation is 1. The van der Waals surface area contributed by atoms with Crippen molar-refractivity contribution in [3.05, 3.63) is 34.4 Å². The van der Waals surface area contributed by atoms with E-state index in [-0.39, 0.29) is 22.2 Å². The van der Waals surface area contributed by atoms with Gasteiger partial charge in [-0.3, -0.25) is 9.59 Å². The number of benzene rings is 1. The lowest BCUT2D eigenvalue weighted by atomic mass is 9.97. The monoisotopic (exact) mass is 265 g/mol. The molecule has 0 spiro atoms. The van der Waals surface area contributed by atoms with Crippen molar-refractivity contribution in [2.75, 3.05) is 5.33 Å². The highest BCUT2D eigenvalue weighted by molar-refractivity contribution is 9.09. The van der Waals surface area contributed by atoms with Gasteiger partial charge >= 0.3 is 0 Å². The normalized spacial score (nSPS) is 9.40. The van der Waals surface area contributed by atoms with E-state index in [1.165, 1.54) is 0 Å². The number of Topliss-reactive ketones (excluding diaryl/α,β-unsaturated/α-hetero) is 1. The van der Waals surface area contributed by atoms with Crippen LogP contribution in [0.15, 0.2) is 12.1 Å². The molecular weight excluding hydrogens is 258 g/mol. The van der Waals surface area contributed by atoms with E-state index in [2.05, 4.69) is 15.9 Å². The van der Waals surface area contributed by atoms with E-state index in [1.807, 2.05) is 6.07 Å². The van der Waals surface area contributed by atoms with Crippen LogP contribution in [0.5, 0.6) is 0 Å². The van der Waals surface area contributed by atoms with E-state index >= 15 is 0 Å².